The first-order valence-electron chi connectivity index (χ1n) is 6.36. The molecule has 3 atom stereocenters. The Morgan fingerprint density at radius 2 is 2.31 bits per heavy atom. The van der Waals surface area contributed by atoms with Gasteiger partial charge in [-0.25, -0.2) is 0 Å². The molecule has 1 heterocycles. The average molecular weight is 258 g/mol. The van der Waals surface area contributed by atoms with Crippen molar-refractivity contribution < 1.29 is 0 Å². The molecule has 0 bridgehead atoms. The minimum absolute atomic E-state index is 0.587. The van der Waals surface area contributed by atoms with Crippen molar-refractivity contribution >= 4 is 28.7 Å². The van der Waals surface area contributed by atoms with Crippen molar-refractivity contribution in [1.82, 2.24) is 5.32 Å². The monoisotopic (exact) mass is 258 g/mol. The summed E-state index contributed by atoms with van der Waals surface area (Å²) in [5.41, 5.74) is 0. The van der Waals surface area contributed by atoms with Gasteiger partial charge in [0, 0.05) is 17.0 Å². The minimum Gasteiger partial charge on any atom is -0.362 e. The second-order valence-corrected chi connectivity index (χ2v) is 7.32. The normalized spacial score (nSPS) is 37.6. The highest BCUT2D eigenvalue weighted by molar-refractivity contribution is 8.13. The Morgan fingerprint density at radius 1 is 1.44 bits per heavy atom. The van der Waals surface area contributed by atoms with Crippen molar-refractivity contribution in [2.24, 2.45) is 4.99 Å². The van der Waals surface area contributed by atoms with Gasteiger partial charge in [-0.2, -0.15) is 11.8 Å². The largest absolute Gasteiger partial charge is 0.362 e. The molecule has 0 aromatic carbocycles. The Balaban J connectivity index is 1.82. The van der Waals surface area contributed by atoms with Gasteiger partial charge < -0.3 is 5.32 Å². The molecule has 0 spiro atoms. The summed E-state index contributed by atoms with van der Waals surface area (Å²) >= 11 is 4.01. The van der Waals surface area contributed by atoms with Crippen molar-refractivity contribution in [3.05, 3.63) is 0 Å². The van der Waals surface area contributed by atoms with Crippen LogP contribution in [0.25, 0.3) is 0 Å². The molecule has 2 nitrogen and oxygen atoms in total. The molecule has 3 unspecified atom stereocenters. The number of rotatable bonds is 3. The van der Waals surface area contributed by atoms with Crippen LogP contribution in [0.1, 0.15) is 39.5 Å². The van der Waals surface area contributed by atoms with Crippen LogP contribution in [0.2, 0.25) is 0 Å². The van der Waals surface area contributed by atoms with Gasteiger partial charge in [-0.1, -0.05) is 18.7 Å². The fourth-order valence-corrected chi connectivity index (χ4v) is 4.62. The predicted octanol–water partition coefficient (Wildman–Crippen LogP) is 3.13. The quantitative estimate of drug-likeness (QED) is 0.841. The van der Waals surface area contributed by atoms with Gasteiger partial charge >= 0.3 is 0 Å². The third-order valence-electron chi connectivity index (χ3n) is 3.22. The number of amidine groups is 1. The summed E-state index contributed by atoms with van der Waals surface area (Å²) in [5, 5.41) is 5.56. The predicted molar refractivity (Wildman–Crippen MR) is 76.7 cm³/mol. The van der Waals surface area contributed by atoms with Crippen LogP contribution in [0.3, 0.4) is 0 Å². The van der Waals surface area contributed by atoms with Crippen LogP contribution in [0.15, 0.2) is 4.99 Å². The summed E-state index contributed by atoms with van der Waals surface area (Å²) in [7, 11) is 0. The Hall–Kier alpha value is 0.170. The molecule has 0 aromatic heterocycles. The molecule has 92 valence electrons. The topological polar surface area (TPSA) is 24.4 Å². The molecule has 1 aliphatic carbocycles. The second-order valence-electron chi connectivity index (χ2n) is 4.66. The molecular weight excluding hydrogens is 236 g/mol. The van der Waals surface area contributed by atoms with Crippen LogP contribution in [-0.2, 0) is 0 Å². The van der Waals surface area contributed by atoms with Gasteiger partial charge in [0.2, 0.25) is 0 Å². The number of thioether (sulfide) groups is 2. The van der Waals surface area contributed by atoms with Gasteiger partial charge in [-0.3, -0.25) is 4.99 Å². The highest BCUT2D eigenvalue weighted by Crippen LogP contribution is 2.32. The summed E-state index contributed by atoms with van der Waals surface area (Å²) in [6, 6.07) is 1.20. The van der Waals surface area contributed by atoms with E-state index in [1.807, 2.05) is 11.8 Å². The van der Waals surface area contributed by atoms with E-state index in [1.54, 1.807) is 0 Å². The first kappa shape index (κ1) is 12.6. The third kappa shape index (κ3) is 3.59. The Morgan fingerprint density at radius 3 is 3.06 bits per heavy atom. The molecule has 4 heteroatoms. The van der Waals surface area contributed by atoms with E-state index in [0.717, 1.165) is 5.25 Å². The van der Waals surface area contributed by atoms with Gasteiger partial charge in [0.05, 0.1) is 6.04 Å². The fraction of sp³-hybridized carbons (Fsp3) is 0.917. The molecule has 0 amide bonds. The molecule has 0 radical (unpaired) electrons. The number of hydrogen-bond donors (Lipinski definition) is 1. The van der Waals surface area contributed by atoms with Gasteiger partial charge in [0.1, 0.15) is 0 Å². The van der Waals surface area contributed by atoms with Crippen LogP contribution in [0.5, 0.6) is 0 Å². The summed E-state index contributed by atoms with van der Waals surface area (Å²) in [6.07, 6.45) is 5.21. The summed E-state index contributed by atoms with van der Waals surface area (Å²) in [4.78, 5) is 4.87. The maximum atomic E-state index is 4.87. The molecule has 1 saturated carbocycles. The molecule has 1 aliphatic heterocycles. The highest BCUT2D eigenvalue weighted by atomic mass is 32.2. The first-order valence-corrected chi connectivity index (χ1v) is 8.40. The van der Waals surface area contributed by atoms with Crippen molar-refractivity contribution in [2.45, 2.75) is 56.9 Å². The zero-order chi connectivity index (χ0) is 11.4. The zero-order valence-electron chi connectivity index (χ0n) is 10.2. The van der Waals surface area contributed by atoms with Crippen molar-refractivity contribution in [1.29, 1.82) is 0 Å². The van der Waals surface area contributed by atoms with E-state index in [9.17, 15) is 0 Å². The van der Waals surface area contributed by atoms with Crippen LogP contribution in [0, 0.1) is 0 Å². The van der Waals surface area contributed by atoms with E-state index >= 15 is 0 Å². The lowest BCUT2D eigenvalue weighted by Gasteiger charge is -2.22. The Labute approximate surface area is 107 Å². The number of nitrogens with one attached hydrogen (secondary N) is 1. The number of hydrogen-bond acceptors (Lipinski definition) is 3. The summed E-state index contributed by atoms with van der Waals surface area (Å²) in [5.74, 6) is 2.48. The zero-order valence-corrected chi connectivity index (χ0v) is 11.9. The number of aliphatic imine (C=N–C) groups is 1. The van der Waals surface area contributed by atoms with Gasteiger partial charge in [-0.05, 0) is 38.4 Å². The van der Waals surface area contributed by atoms with Crippen molar-refractivity contribution in [3.8, 4) is 0 Å². The van der Waals surface area contributed by atoms with Crippen molar-refractivity contribution in [3.63, 3.8) is 0 Å². The molecule has 0 aromatic rings. The fourth-order valence-electron chi connectivity index (χ4n) is 2.32. The Kier molecular flexibility index (Phi) is 4.89. The van der Waals surface area contributed by atoms with Gasteiger partial charge in [0.25, 0.3) is 0 Å². The lowest BCUT2D eigenvalue weighted by Crippen LogP contribution is -2.36. The van der Waals surface area contributed by atoms with Crippen molar-refractivity contribution in [2.75, 3.05) is 11.5 Å². The van der Waals surface area contributed by atoms with Gasteiger partial charge in [0.15, 0.2) is 5.17 Å². The smallest absolute Gasteiger partial charge is 0.157 e. The van der Waals surface area contributed by atoms with E-state index in [2.05, 4.69) is 30.9 Å². The molecule has 16 heavy (non-hydrogen) atoms. The third-order valence-corrected chi connectivity index (χ3v) is 5.39. The number of nitrogens with zero attached hydrogens (tertiary/aromatic N) is 1. The molecule has 1 saturated heterocycles. The SMILES string of the molecule is CCSC1CCC(N=C2NC(C)CCS2)C1. The van der Waals surface area contributed by atoms with E-state index in [1.165, 1.54) is 42.4 Å². The van der Waals surface area contributed by atoms with Crippen LogP contribution in [-0.4, -0.2) is 34.0 Å². The van der Waals surface area contributed by atoms with E-state index < -0.39 is 0 Å². The molecule has 2 rings (SSSR count). The second kappa shape index (κ2) is 6.20. The summed E-state index contributed by atoms with van der Waals surface area (Å²) in [6.45, 7) is 4.50. The van der Waals surface area contributed by atoms with E-state index in [-0.39, 0.29) is 0 Å². The lowest BCUT2D eigenvalue weighted by molar-refractivity contribution is 0.632. The molecule has 1 N–H and O–H groups in total. The molecule has 2 aliphatic rings. The highest BCUT2D eigenvalue weighted by Gasteiger charge is 2.25. The maximum absolute atomic E-state index is 4.87. The summed E-state index contributed by atoms with van der Waals surface area (Å²) < 4.78 is 0. The lowest BCUT2D eigenvalue weighted by atomic mass is 10.2. The van der Waals surface area contributed by atoms with Gasteiger partial charge in [-0.15, -0.1) is 0 Å². The molecule has 2 fully saturated rings. The van der Waals surface area contributed by atoms with Crippen LogP contribution in [0.4, 0.5) is 0 Å². The minimum atomic E-state index is 0.587. The van der Waals surface area contributed by atoms with Crippen LogP contribution >= 0.6 is 23.5 Å². The van der Waals surface area contributed by atoms with E-state index in [0.29, 0.717) is 12.1 Å². The molecular formula is C12H22N2S2. The maximum Gasteiger partial charge on any atom is 0.157 e. The van der Waals surface area contributed by atoms with E-state index in [4.69, 9.17) is 4.99 Å². The first-order chi connectivity index (χ1) is 7.78. The average Bonchev–Trinajstić information content (AvgIpc) is 2.66. The Bertz CT molecular complexity index is 255. The standard InChI is InChI=1S/C12H22N2S2/c1-3-15-11-5-4-10(8-11)14-12-13-9(2)6-7-16-12/h9-11H,3-8H2,1-2H3,(H,13,14). The van der Waals surface area contributed by atoms with Crippen LogP contribution < -0.4 is 5.32 Å².